The number of aryl methyl sites for hydroxylation is 1. The van der Waals surface area contributed by atoms with Gasteiger partial charge in [0.2, 0.25) is 5.91 Å². The first-order valence-corrected chi connectivity index (χ1v) is 10.9. The number of halogens is 2. The number of carbonyl (C=O) groups is 2. The van der Waals surface area contributed by atoms with Gasteiger partial charge >= 0.3 is 0 Å². The Bertz CT molecular complexity index is 1190. The van der Waals surface area contributed by atoms with Crippen LogP contribution in [0.15, 0.2) is 55.2 Å². The standard InChI is InChI=1S/C25H25F2N5O2/c1-16-4-3-5-20(24(2,26)27)22(16)32-19-7-6-18(30-14-19)13-31-23(34)25(8-9-25)10-21(33)17-11-28-15-29-12-17/h3-7,11-12,14-15,32H,8-10,13H2,1-2H3,(H,31,34). The van der Waals surface area contributed by atoms with Crippen LogP contribution in [-0.2, 0) is 17.3 Å². The first kappa shape index (κ1) is 23.4. The van der Waals surface area contributed by atoms with Gasteiger partial charge in [0.25, 0.3) is 5.92 Å². The van der Waals surface area contributed by atoms with Crippen LogP contribution in [0.2, 0.25) is 0 Å². The zero-order chi connectivity index (χ0) is 24.3. The molecule has 176 valence electrons. The summed E-state index contributed by atoms with van der Waals surface area (Å²) in [7, 11) is 0. The number of carbonyl (C=O) groups excluding carboxylic acids is 2. The zero-order valence-electron chi connectivity index (χ0n) is 18.9. The van der Waals surface area contributed by atoms with Gasteiger partial charge in [0.15, 0.2) is 5.78 Å². The number of nitrogens with zero attached hydrogens (tertiary/aromatic N) is 3. The molecular weight excluding hydrogens is 440 g/mol. The highest BCUT2D eigenvalue weighted by Crippen LogP contribution is 2.49. The van der Waals surface area contributed by atoms with E-state index in [1.165, 1.54) is 31.0 Å². The third kappa shape index (κ3) is 5.24. The number of pyridine rings is 1. The molecule has 9 heteroatoms. The molecule has 0 radical (unpaired) electrons. The molecule has 1 aromatic carbocycles. The van der Waals surface area contributed by atoms with E-state index >= 15 is 0 Å². The molecule has 0 saturated heterocycles. The highest BCUT2D eigenvalue weighted by Gasteiger charge is 2.51. The van der Waals surface area contributed by atoms with Crippen molar-refractivity contribution in [3.63, 3.8) is 0 Å². The third-order valence-corrected chi connectivity index (χ3v) is 5.99. The van der Waals surface area contributed by atoms with Crippen LogP contribution < -0.4 is 10.6 Å². The van der Waals surface area contributed by atoms with Crippen molar-refractivity contribution in [3.8, 4) is 0 Å². The van der Waals surface area contributed by atoms with Gasteiger partial charge < -0.3 is 10.6 Å². The monoisotopic (exact) mass is 465 g/mol. The van der Waals surface area contributed by atoms with Gasteiger partial charge in [0.1, 0.15) is 6.33 Å². The average Bonchev–Trinajstić information content (AvgIpc) is 3.60. The summed E-state index contributed by atoms with van der Waals surface area (Å²) in [6, 6.07) is 8.21. The Morgan fingerprint density at radius 3 is 2.44 bits per heavy atom. The molecule has 2 N–H and O–H groups in total. The van der Waals surface area contributed by atoms with Crippen molar-refractivity contribution in [1.82, 2.24) is 20.3 Å². The Kier molecular flexibility index (Phi) is 6.37. The normalized spacial score (nSPS) is 14.4. The Morgan fingerprint density at radius 1 is 1.09 bits per heavy atom. The van der Waals surface area contributed by atoms with E-state index in [0.717, 1.165) is 6.92 Å². The Morgan fingerprint density at radius 2 is 1.82 bits per heavy atom. The first-order chi connectivity index (χ1) is 16.2. The minimum Gasteiger partial charge on any atom is -0.354 e. The van der Waals surface area contributed by atoms with Gasteiger partial charge in [-0.1, -0.05) is 18.2 Å². The van der Waals surface area contributed by atoms with Crippen LogP contribution in [0.3, 0.4) is 0 Å². The van der Waals surface area contributed by atoms with Crippen molar-refractivity contribution < 1.29 is 18.4 Å². The number of alkyl halides is 2. The topological polar surface area (TPSA) is 96.9 Å². The quantitative estimate of drug-likeness (QED) is 0.445. The smallest absolute Gasteiger partial charge is 0.272 e. The summed E-state index contributed by atoms with van der Waals surface area (Å²) in [6.07, 6.45) is 7.20. The molecule has 1 saturated carbocycles. The first-order valence-electron chi connectivity index (χ1n) is 10.9. The number of Topliss-reactive ketones (excluding diaryl/α,β-unsaturated/α-hetero) is 1. The van der Waals surface area contributed by atoms with Crippen LogP contribution in [0.5, 0.6) is 0 Å². The molecule has 0 aliphatic heterocycles. The fourth-order valence-corrected chi connectivity index (χ4v) is 3.79. The van der Waals surface area contributed by atoms with Gasteiger partial charge in [0, 0.05) is 31.3 Å². The van der Waals surface area contributed by atoms with Crippen molar-refractivity contribution in [2.45, 2.75) is 45.6 Å². The van der Waals surface area contributed by atoms with Crippen molar-refractivity contribution in [2.24, 2.45) is 5.41 Å². The number of anilines is 2. The molecule has 0 unspecified atom stereocenters. The molecule has 7 nitrogen and oxygen atoms in total. The van der Waals surface area contributed by atoms with Crippen molar-refractivity contribution in [3.05, 3.63) is 77.6 Å². The van der Waals surface area contributed by atoms with Crippen molar-refractivity contribution >= 4 is 23.1 Å². The maximum atomic E-state index is 14.0. The van der Waals surface area contributed by atoms with E-state index in [0.29, 0.717) is 41.0 Å². The molecule has 4 rings (SSSR count). The van der Waals surface area contributed by atoms with Crippen LogP contribution in [0, 0.1) is 12.3 Å². The number of benzene rings is 1. The van der Waals surface area contributed by atoms with Crippen molar-refractivity contribution in [2.75, 3.05) is 5.32 Å². The molecule has 1 fully saturated rings. The molecule has 2 aromatic heterocycles. The van der Waals surface area contributed by atoms with Gasteiger partial charge in [-0.2, -0.15) is 0 Å². The number of amides is 1. The fraction of sp³-hybridized carbons (Fsp3) is 0.320. The maximum absolute atomic E-state index is 14.0. The summed E-state index contributed by atoms with van der Waals surface area (Å²) in [4.78, 5) is 37.2. The molecule has 0 spiro atoms. The van der Waals surface area contributed by atoms with E-state index in [-0.39, 0.29) is 30.2 Å². The minimum absolute atomic E-state index is 0.0878. The molecule has 2 heterocycles. The summed E-state index contributed by atoms with van der Waals surface area (Å²) < 4.78 is 28.0. The average molecular weight is 466 g/mol. The number of aromatic nitrogens is 3. The van der Waals surface area contributed by atoms with Gasteiger partial charge in [-0.15, -0.1) is 0 Å². The second kappa shape index (κ2) is 9.24. The van der Waals surface area contributed by atoms with Crippen LogP contribution in [-0.4, -0.2) is 26.6 Å². The number of rotatable bonds is 9. The largest absolute Gasteiger partial charge is 0.354 e. The molecule has 1 aliphatic rings. The number of hydrogen-bond acceptors (Lipinski definition) is 6. The van der Waals surface area contributed by atoms with Crippen LogP contribution >= 0.6 is 0 Å². The summed E-state index contributed by atoms with van der Waals surface area (Å²) in [5, 5.41) is 5.89. The molecular formula is C25H25F2N5O2. The lowest BCUT2D eigenvalue weighted by Crippen LogP contribution is -2.33. The molecule has 1 amide bonds. The van der Waals surface area contributed by atoms with Crippen LogP contribution in [0.1, 0.15) is 53.4 Å². The lowest BCUT2D eigenvalue weighted by Gasteiger charge is -2.19. The lowest BCUT2D eigenvalue weighted by molar-refractivity contribution is -0.126. The second-order valence-electron chi connectivity index (χ2n) is 8.74. The minimum atomic E-state index is -2.99. The van der Waals surface area contributed by atoms with Gasteiger partial charge in [-0.25, -0.2) is 18.7 Å². The maximum Gasteiger partial charge on any atom is 0.272 e. The van der Waals surface area contributed by atoms with Crippen LogP contribution in [0.4, 0.5) is 20.2 Å². The van der Waals surface area contributed by atoms with E-state index in [9.17, 15) is 18.4 Å². The van der Waals surface area contributed by atoms with E-state index in [1.54, 1.807) is 31.2 Å². The molecule has 1 aliphatic carbocycles. The Balaban J connectivity index is 1.36. The highest BCUT2D eigenvalue weighted by atomic mass is 19.3. The molecule has 0 bridgehead atoms. The zero-order valence-corrected chi connectivity index (χ0v) is 18.9. The number of hydrogen-bond donors (Lipinski definition) is 2. The number of ketones is 1. The Hall–Kier alpha value is -3.75. The van der Waals surface area contributed by atoms with Crippen LogP contribution in [0.25, 0.3) is 0 Å². The number of para-hydroxylation sites is 1. The highest BCUT2D eigenvalue weighted by molar-refractivity contribution is 6.00. The van der Waals surface area contributed by atoms with Crippen molar-refractivity contribution in [1.29, 1.82) is 0 Å². The predicted octanol–water partition coefficient (Wildman–Crippen LogP) is 4.70. The summed E-state index contributed by atoms with van der Waals surface area (Å²) in [6.45, 7) is 2.83. The number of nitrogens with one attached hydrogen (secondary N) is 2. The summed E-state index contributed by atoms with van der Waals surface area (Å²) in [5.74, 6) is -3.33. The van der Waals surface area contributed by atoms with E-state index in [2.05, 4.69) is 25.6 Å². The summed E-state index contributed by atoms with van der Waals surface area (Å²) >= 11 is 0. The summed E-state index contributed by atoms with van der Waals surface area (Å²) in [5.41, 5.74) is 1.83. The van der Waals surface area contributed by atoms with Gasteiger partial charge in [0.05, 0.1) is 40.8 Å². The lowest BCUT2D eigenvalue weighted by atomic mass is 9.96. The predicted molar refractivity (Wildman–Crippen MR) is 123 cm³/mol. The molecule has 0 atom stereocenters. The molecule has 3 aromatic rings. The van der Waals surface area contributed by atoms with Gasteiger partial charge in [-0.05, 0) is 37.5 Å². The second-order valence-corrected chi connectivity index (χ2v) is 8.74. The van der Waals surface area contributed by atoms with E-state index in [1.807, 2.05) is 0 Å². The Labute approximate surface area is 196 Å². The third-order valence-electron chi connectivity index (χ3n) is 5.99. The van der Waals surface area contributed by atoms with Gasteiger partial charge in [-0.3, -0.25) is 14.6 Å². The SMILES string of the molecule is Cc1cccc(C(C)(F)F)c1Nc1ccc(CNC(=O)C2(CC(=O)c3cncnc3)CC2)nc1. The fourth-order valence-electron chi connectivity index (χ4n) is 3.79. The molecule has 34 heavy (non-hydrogen) atoms. The van der Waals surface area contributed by atoms with E-state index in [4.69, 9.17) is 0 Å². The van der Waals surface area contributed by atoms with E-state index < -0.39 is 11.3 Å².